The number of rotatable bonds is 3. The Bertz CT molecular complexity index is 179. The van der Waals surface area contributed by atoms with E-state index in [4.69, 9.17) is 0 Å². The van der Waals surface area contributed by atoms with Crippen LogP contribution in [0.25, 0.3) is 0 Å². The quantitative estimate of drug-likeness (QED) is 0.498. The van der Waals surface area contributed by atoms with Gasteiger partial charge in [0, 0.05) is 25.3 Å². The van der Waals surface area contributed by atoms with Crippen LogP contribution >= 0.6 is 12.6 Å². The Morgan fingerprint density at radius 1 is 1.73 bits per heavy atom. The van der Waals surface area contributed by atoms with Crippen LogP contribution in [0, 0.1) is 0 Å². The summed E-state index contributed by atoms with van der Waals surface area (Å²) in [6.07, 6.45) is 1.71. The Morgan fingerprint density at radius 3 is 2.91 bits per heavy atom. The summed E-state index contributed by atoms with van der Waals surface area (Å²) < 4.78 is 0. The molecule has 0 radical (unpaired) electrons. The zero-order valence-electron chi connectivity index (χ0n) is 6.55. The van der Waals surface area contributed by atoms with Crippen LogP contribution in [0.4, 0.5) is 0 Å². The van der Waals surface area contributed by atoms with Gasteiger partial charge in [0.25, 0.3) is 0 Å². The lowest BCUT2D eigenvalue weighted by atomic mass is 10.3. The first kappa shape index (κ1) is 8.65. The van der Waals surface area contributed by atoms with Gasteiger partial charge in [-0.1, -0.05) is 6.58 Å². The highest BCUT2D eigenvalue weighted by Gasteiger charge is 2.19. The summed E-state index contributed by atoms with van der Waals surface area (Å²) in [4.78, 5) is 12.9. The Labute approximate surface area is 72.7 Å². The third kappa shape index (κ3) is 2.26. The molecule has 1 fully saturated rings. The van der Waals surface area contributed by atoms with Crippen molar-refractivity contribution in [3.05, 3.63) is 12.2 Å². The topological polar surface area (TPSA) is 20.3 Å². The first-order valence-corrected chi connectivity index (χ1v) is 4.42. The van der Waals surface area contributed by atoms with E-state index in [1.165, 1.54) is 0 Å². The van der Waals surface area contributed by atoms with Crippen LogP contribution in [-0.4, -0.2) is 29.6 Å². The Balaban J connectivity index is 2.36. The van der Waals surface area contributed by atoms with E-state index in [1.807, 2.05) is 4.90 Å². The number of nitrogens with zero attached hydrogens (tertiary/aromatic N) is 1. The number of hydrogen-bond acceptors (Lipinski definition) is 2. The molecule has 1 aliphatic heterocycles. The van der Waals surface area contributed by atoms with Gasteiger partial charge in [0.2, 0.25) is 5.91 Å². The second-order valence-electron chi connectivity index (χ2n) is 2.83. The number of thiol groups is 1. The maximum absolute atomic E-state index is 11.1. The van der Waals surface area contributed by atoms with Gasteiger partial charge in [0.15, 0.2) is 0 Å². The molecule has 0 atom stereocenters. The van der Waals surface area contributed by atoms with Crippen LogP contribution in [0.5, 0.6) is 0 Å². The minimum Gasteiger partial charge on any atom is -0.339 e. The molecule has 1 rings (SSSR count). The average molecular weight is 171 g/mol. The third-order valence-electron chi connectivity index (χ3n) is 1.81. The highest BCUT2D eigenvalue weighted by Crippen LogP contribution is 2.11. The molecular formula is C8H13NOS. The lowest BCUT2D eigenvalue weighted by molar-refractivity contribution is -0.127. The normalized spacial score (nSPS) is 17.5. The molecule has 11 heavy (non-hydrogen) atoms. The van der Waals surface area contributed by atoms with Gasteiger partial charge in [0.05, 0.1) is 0 Å². The molecule has 3 heteroatoms. The summed E-state index contributed by atoms with van der Waals surface area (Å²) >= 11 is 4.08. The van der Waals surface area contributed by atoms with Gasteiger partial charge in [0.1, 0.15) is 0 Å². The van der Waals surface area contributed by atoms with Crippen molar-refractivity contribution in [1.29, 1.82) is 0 Å². The summed E-state index contributed by atoms with van der Waals surface area (Å²) in [6, 6.07) is 0. The van der Waals surface area contributed by atoms with Crippen molar-refractivity contribution in [3.63, 3.8) is 0 Å². The second-order valence-corrected chi connectivity index (χ2v) is 3.14. The van der Waals surface area contributed by atoms with E-state index in [0.29, 0.717) is 18.7 Å². The molecule has 62 valence electrons. The van der Waals surface area contributed by atoms with Crippen LogP contribution in [0.1, 0.15) is 12.8 Å². The van der Waals surface area contributed by atoms with Gasteiger partial charge in [-0.3, -0.25) is 4.79 Å². The van der Waals surface area contributed by atoms with E-state index in [1.54, 1.807) is 0 Å². The van der Waals surface area contributed by atoms with Crippen LogP contribution in [0.15, 0.2) is 12.2 Å². The Hall–Kier alpha value is -0.440. The number of amides is 1. The van der Waals surface area contributed by atoms with Crippen molar-refractivity contribution in [2.75, 3.05) is 18.8 Å². The van der Waals surface area contributed by atoms with Crippen LogP contribution in [0.3, 0.4) is 0 Å². The van der Waals surface area contributed by atoms with E-state index in [0.717, 1.165) is 18.5 Å². The minimum absolute atomic E-state index is 0.257. The molecule has 0 spiro atoms. The van der Waals surface area contributed by atoms with Crippen molar-refractivity contribution in [3.8, 4) is 0 Å². The van der Waals surface area contributed by atoms with Gasteiger partial charge in [-0.2, -0.15) is 12.6 Å². The van der Waals surface area contributed by atoms with Crippen LogP contribution < -0.4 is 0 Å². The van der Waals surface area contributed by atoms with E-state index < -0.39 is 0 Å². The molecule has 0 aromatic carbocycles. The number of likely N-dealkylation sites (tertiary alicyclic amines) is 1. The summed E-state index contributed by atoms with van der Waals surface area (Å²) in [5.74, 6) is 0.928. The lowest BCUT2D eigenvalue weighted by Crippen LogP contribution is -2.26. The SMILES string of the molecule is C=C(CS)CN1CCCC1=O. The van der Waals surface area contributed by atoms with Crippen LogP contribution in [-0.2, 0) is 4.79 Å². The second kappa shape index (κ2) is 3.81. The average Bonchev–Trinajstić information content (AvgIpc) is 2.37. The van der Waals surface area contributed by atoms with Crippen molar-refractivity contribution in [1.82, 2.24) is 4.90 Å². The number of carbonyl (C=O) groups is 1. The van der Waals surface area contributed by atoms with Gasteiger partial charge >= 0.3 is 0 Å². The van der Waals surface area contributed by atoms with Gasteiger partial charge in [-0.25, -0.2) is 0 Å². The fourth-order valence-corrected chi connectivity index (χ4v) is 1.29. The maximum Gasteiger partial charge on any atom is 0.222 e. The van der Waals surface area contributed by atoms with E-state index in [2.05, 4.69) is 19.2 Å². The van der Waals surface area contributed by atoms with Gasteiger partial charge in [-0.05, 0) is 12.0 Å². The van der Waals surface area contributed by atoms with Crippen molar-refractivity contribution in [2.45, 2.75) is 12.8 Å². The molecule has 1 aliphatic rings. The van der Waals surface area contributed by atoms with E-state index in [-0.39, 0.29) is 5.91 Å². The first-order chi connectivity index (χ1) is 5.24. The monoisotopic (exact) mass is 171 g/mol. The first-order valence-electron chi connectivity index (χ1n) is 3.79. The Kier molecular flexibility index (Phi) is 3.00. The van der Waals surface area contributed by atoms with Crippen LogP contribution in [0.2, 0.25) is 0 Å². The zero-order valence-corrected chi connectivity index (χ0v) is 7.44. The highest BCUT2D eigenvalue weighted by molar-refractivity contribution is 7.80. The fourth-order valence-electron chi connectivity index (χ4n) is 1.19. The molecule has 1 heterocycles. The molecule has 0 aliphatic carbocycles. The standard InChI is InChI=1S/C8H13NOS/c1-7(6-11)5-9-4-2-3-8(9)10/h11H,1-6H2. The van der Waals surface area contributed by atoms with E-state index >= 15 is 0 Å². The highest BCUT2D eigenvalue weighted by atomic mass is 32.1. The molecule has 0 N–H and O–H groups in total. The summed E-state index contributed by atoms with van der Waals surface area (Å²) in [5, 5.41) is 0. The molecule has 0 bridgehead atoms. The molecule has 0 aromatic heterocycles. The van der Waals surface area contributed by atoms with Gasteiger partial charge in [-0.15, -0.1) is 0 Å². The van der Waals surface area contributed by atoms with E-state index in [9.17, 15) is 4.79 Å². The molecule has 0 unspecified atom stereocenters. The maximum atomic E-state index is 11.1. The smallest absolute Gasteiger partial charge is 0.222 e. The summed E-state index contributed by atoms with van der Waals surface area (Å²) in [7, 11) is 0. The largest absolute Gasteiger partial charge is 0.339 e. The predicted octanol–water partition coefficient (Wildman–Crippen LogP) is 1.09. The molecular weight excluding hydrogens is 158 g/mol. The summed E-state index contributed by atoms with van der Waals surface area (Å²) in [5.41, 5.74) is 1.02. The molecule has 0 aromatic rings. The fraction of sp³-hybridized carbons (Fsp3) is 0.625. The molecule has 0 saturated carbocycles. The minimum atomic E-state index is 0.257. The number of carbonyl (C=O) groups excluding carboxylic acids is 1. The molecule has 1 amide bonds. The van der Waals surface area contributed by atoms with Crippen molar-refractivity contribution in [2.24, 2.45) is 0 Å². The number of hydrogen-bond donors (Lipinski definition) is 1. The van der Waals surface area contributed by atoms with Crippen molar-refractivity contribution >= 4 is 18.5 Å². The lowest BCUT2D eigenvalue weighted by Gasteiger charge is -2.15. The zero-order chi connectivity index (χ0) is 8.27. The van der Waals surface area contributed by atoms with Crippen molar-refractivity contribution < 1.29 is 4.79 Å². The van der Waals surface area contributed by atoms with Gasteiger partial charge < -0.3 is 4.90 Å². The Morgan fingerprint density at radius 2 is 2.45 bits per heavy atom. The molecule has 2 nitrogen and oxygen atoms in total. The molecule has 1 saturated heterocycles. The summed E-state index contributed by atoms with van der Waals surface area (Å²) in [6.45, 7) is 5.39. The third-order valence-corrected chi connectivity index (χ3v) is 2.26. The predicted molar refractivity (Wildman–Crippen MR) is 48.8 cm³/mol.